The number of nitrogens with zero attached hydrogens (tertiary/aromatic N) is 3. The molecule has 1 amide bonds. The van der Waals surface area contributed by atoms with Crippen molar-refractivity contribution in [3.05, 3.63) is 47.9 Å². The minimum Gasteiger partial charge on any atom is -0.481 e. The van der Waals surface area contributed by atoms with Crippen LogP contribution in [0.4, 0.5) is 5.69 Å². The second kappa shape index (κ2) is 6.69. The summed E-state index contributed by atoms with van der Waals surface area (Å²) in [6, 6.07) is 7.33. The van der Waals surface area contributed by atoms with Crippen molar-refractivity contribution >= 4 is 11.6 Å². The Kier molecular flexibility index (Phi) is 4.71. The molecule has 0 bridgehead atoms. The first-order valence-corrected chi connectivity index (χ1v) is 6.50. The van der Waals surface area contributed by atoms with Gasteiger partial charge < -0.3 is 15.0 Å². The Balaban J connectivity index is 2.06. The van der Waals surface area contributed by atoms with E-state index in [1.807, 2.05) is 18.2 Å². The standard InChI is InChI=1S/C15H18N4O2/c1-19(2)15(20)13-9-12(5-7-16-13)18-10-11-4-6-17-14(8-11)21-3/h4-9H,10H2,1-3H3,(H,16,18). The summed E-state index contributed by atoms with van der Waals surface area (Å²) in [4.78, 5) is 21.5. The Hall–Kier alpha value is -2.63. The van der Waals surface area contributed by atoms with Crippen molar-refractivity contribution in [2.24, 2.45) is 0 Å². The molecule has 2 rings (SSSR count). The van der Waals surface area contributed by atoms with E-state index >= 15 is 0 Å². The van der Waals surface area contributed by atoms with Gasteiger partial charge in [0.25, 0.3) is 5.91 Å². The van der Waals surface area contributed by atoms with E-state index in [0.29, 0.717) is 18.1 Å². The topological polar surface area (TPSA) is 67.3 Å². The highest BCUT2D eigenvalue weighted by atomic mass is 16.5. The van der Waals surface area contributed by atoms with E-state index in [4.69, 9.17) is 4.74 Å². The molecule has 6 nitrogen and oxygen atoms in total. The molecule has 0 aliphatic heterocycles. The minimum absolute atomic E-state index is 0.121. The molecular formula is C15H18N4O2. The summed E-state index contributed by atoms with van der Waals surface area (Å²) in [5.41, 5.74) is 2.29. The highest BCUT2D eigenvalue weighted by Gasteiger charge is 2.09. The van der Waals surface area contributed by atoms with Gasteiger partial charge in [0.15, 0.2) is 0 Å². The Morgan fingerprint density at radius 2 is 2.00 bits per heavy atom. The lowest BCUT2D eigenvalue weighted by Gasteiger charge is -2.11. The van der Waals surface area contributed by atoms with E-state index in [1.165, 1.54) is 4.90 Å². The number of aromatic nitrogens is 2. The molecule has 0 saturated carbocycles. The molecule has 0 spiro atoms. The van der Waals surface area contributed by atoms with Crippen molar-refractivity contribution in [3.63, 3.8) is 0 Å². The maximum Gasteiger partial charge on any atom is 0.272 e. The average molecular weight is 286 g/mol. The summed E-state index contributed by atoms with van der Waals surface area (Å²) in [7, 11) is 4.99. The summed E-state index contributed by atoms with van der Waals surface area (Å²) in [6.45, 7) is 0.610. The molecule has 0 radical (unpaired) electrons. The molecular weight excluding hydrogens is 268 g/mol. The van der Waals surface area contributed by atoms with Gasteiger partial charge in [-0.25, -0.2) is 4.98 Å². The van der Waals surface area contributed by atoms with Crippen LogP contribution in [-0.4, -0.2) is 42.0 Å². The van der Waals surface area contributed by atoms with Crippen molar-refractivity contribution in [3.8, 4) is 5.88 Å². The fourth-order valence-electron chi connectivity index (χ4n) is 1.76. The van der Waals surface area contributed by atoms with Crippen LogP contribution in [-0.2, 0) is 6.54 Å². The van der Waals surface area contributed by atoms with Gasteiger partial charge in [0.1, 0.15) is 5.69 Å². The molecule has 0 aromatic carbocycles. The predicted molar refractivity (Wildman–Crippen MR) is 80.4 cm³/mol. The molecule has 2 aromatic heterocycles. The van der Waals surface area contributed by atoms with Crippen molar-refractivity contribution < 1.29 is 9.53 Å². The quantitative estimate of drug-likeness (QED) is 0.907. The van der Waals surface area contributed by atoms with Crippen molar-refractivity contribution in [2.45, 2.75) is 6.54 Å². The van der Waals surface area contributed by atoms with E-state index in [0.717, 1.165) is 11.3 Å². The average Bonchev–Trinajstić information content (AvgIpc) is 2.52. The first kappa shape index (κ1) is 14.8. The number of pyridine rings is 2. The molecule has 0 aliphatic carbocycles. The number of amides is 1. The number of methoxy groups -OCH3 is 1. The molecule has 1 N–H and O–H groups in total. The van der Waals surface area contributed by atoms with E-state index in [-0.39, 0.29) is 5.91 Å². The second-order valence-electron chi connectivity index (χ2n) is 4.69. The van der Waals surface area contributed by atoms with Gasteiger partial charge in [0, 0.05) is 44.8 Å². The van der Waals surface area contributed by atoms with Gasteiger partial charge in [-0.2, -0.15) is 0 Å². The zero-order valence-electron chi connectivity index (χ0n) is 12.3. The summed E-state index contributed by atoms with van der Waals surface area (Å²) >= 11 is 0. The van der Waals surface area contributed by atoms with E-state index < -0.39 is 0 Å². The molecule has 0 unspecified atom stereocenters. The molecule has 0 aliphatic rings. The van der Waals surface area contributed by atoms with Crippen LogP contribution in [0.2, 0.25) is 0 Å². The Morgan fingerprint density at radius 1 is 1.24 bits per heavy atom. The van der Waals surface area contributed by atoms with E-state index in [9.17, 15) is 4.79 Å². The lowest BCUT2D eigenvalue weighted by Crippen LogP contribution is -2.22. The van der Waals surface area contributed by atoms with Gasteiger partial charge in [-0.1, -0.05) is 0 Å². The van der Waals surface area contributed by atoms with Crippen LogP contribution in [0.5, 0.6) is 5.88 Å². The molecule has 0 fully saturated rings. The zero-order chi connectivity index (χ0) is 15.2. The van der Waals surface area contributed by atoms with Gasteiger partial charge in [-0.3, -0.25) is 9.78 Å². The van der Waals surface area contributed by atoms with Gasteiger partial charge in [-0.05, 0) is 23.8 Å². The monoisotopic (exact) mass is 286 g/mol. The molecule has 0 saturated heterocycles. The predicted octanol–water partition coefficient (Wildman–Crippen LogP) is 1.80. The number of anilines is 1. The molecule has 0 atom stereocenters. The van der Waals surface area contributed by atoms with E-state index in [2.05, 4.69) is 15.3 Å². The number of carbonyl (C=O) groups excluding carboxylic acids is 1. The fraction of sp³-hybridized carbons (Fsp3) is 0.267. The van der Waals surface area contributed by atoms with Gasteiger partial charge in [0.05, 0.1) is 7.11 Å². The highest BCUT2D eigenvalue weighted by Crippen LogP contribution is 2.13. The van der Waals surface area contributed by atoms with Crippen molar-refractivity contribution in [1.82, 2.24) is 14.9 Å². The minimum atomic E-state index is -0.121. The van der Waals surface area contributed by atoms with Gasteiger partial charge >= 0.3 is 0 Å². The zero-order valence-corrected chi connectivity index (χ0v) is 12.3. The van der Waals surface area contributed by atoms with E-state index in [1.54, 1.807) is 39.7 Å². The van der Waals surface area contributed by atoms with Crippen LogP contribution >= 0.6 is 0 Å². The second-order valence-corrected chi connectivity index (χ2v) is 4.69. The normalized spacial score (nSPS) is 10.0. The first-order chi connectivity index (χ1) is 10.1. The van der Waals surface area contributed by atoms with Crippen LogP contribution in [0.1, 0.15) is 16.1 Å². The van der Waals surface area contributed by atoms with Crippen LogP contribution in [0, 0.1) is 0 Å². The molecule has 2 aromatic rings. The SMILES string of the molecule is COc1cc(CNc2ccnc(C(=O)N(C)C)c2)ccn1. The number of rotatable bonds is 5. The van der Waals surface area contributed by atoms with Crippen LogP contribution in [0.15, 0.2) is 36.7 Å². The summed E-state index contributed by atoms with van der Waals surface area (Å²) in [6.07, 6.45) is 3.32. The van der Waals surface area contributed by atoms with Crippen LogP contribution in [0.25, 0.3) is 0 Å². The van der Waals surface area contributed by atoms with Crippen LogP contribution in [0.3, 0.4) is 0 Å². The Labute approximate surface area is 123 Å². The van der Waals surface area contributed by atoms with Crippen LogP contribution < -0.4 is 10.1 Å². The molecule has 6 heteroatoms. The largest absolute Gasteiger partial charge is 0.481 e. The Morgan fingerprint density at radius 3 is 2.71 bits per heavy atom. The third kappa shape index (κ3) is 3.92. The fourth-order valence-corrected chi connectivity index (χ4v) is 1.76. The number of hydrogen-bond donors (Lipinski definition) is 1. The van der Waals surface area contributed by atoms with Gasteiger partial charge in [-0.15, -0.1) is 0 Å². The maximum absolute atomic E-state index is 11.9. The highest BCUT2D eigenvalue weighted by molar-refractivity contribution is 5.92. The maximum atomic E-state index is 11.9. The summed E-state index contributed by atoms with van der Waals surface area (Å²) in [5.74, 6) is 0.455. The first-order valence-electron chi connectivity index (χ1n) is 6.50. The lowest BCUT2D eigenvalue weighted by molar-refractivity contribution is 0.0822. The summed E-state index contributed by atoms with van der Waals surface area (Å²) < 4.78 is 5.08. The Bertz CT molecular complexity index is 629. The number of carbonyl (C=O) groups is 1. The third-order valence-electron chi connectivity index (χ3n) is 2.89. The summed E-state index contributed by atoms with van der Waals surface area (Å²) in [5, 5.41) is 3.25. The van der Waals surface area contributed by atoms with Crippen molar-refractivity contribution in [2.75, 3.05) is 26.5 Å². The molecule has 2 heterocycles. The lowest BCUT2D eigenvalue weighted by atomic mass is 10.2. The smallest absolute Gasteiger partial charge is 0.272 e. The van der Waals surface area contributed by atoms with Gasteiger partial charge in [0.2, 0.25) is 5.88 Å². The molecule has 110 valence electrons. The number of hydrogen-bond acceptors (Lipinski definition) is 5. The van der Waals surface area contributed by atoms with Crippen molar-refractivity contribution in [1.29, 1.82) is 0 Å². The number of ether oxygens (including phenoxy) is 1. The molecule has 21 heavy (non-hydrogen) atoms. The third-order valence-corrected chi connectivity index (χ3v) is 2.89. The number of nitrogens with one attached hydrogen (secondary N) is 1.